The van der Waals surface area contributed by atoms with E-state index in [1.807, 2.05) is 0 Å². The Bertz CT molecular complexity index is 592. The summed E-state index contributed by atoms with van der Waals surface area (Å²) in [4.78, 5) is 2.36. The summed E-state index contributed by atoms with van der Waals surface area (Å²) in [5.41, 5.74) is 5.42. The summed E-state index contributed by atoms with van der Waals surface area (Å²) in [7, 11) is 2.18. The fraction of sp³-hybridized carbons (Fsp3) is 0.294. The lowest BCUT2D eigenvalue weighted by Crippen LogP contribution is -2.24. The highest BCUT2D eigenvalue weighted by Gasteiger charge is 2.13. The maximum absolute atomic E-state index is 3.49. The van der Waals surface area contributed by atoms with E-state index in [0.717, 1.165) is 6.54 Å². The van der Waals surface area contributed by atoms with E-state index in [1.54, 1.807) is 0 Å². The third kappa shape index (κ3) is 3.08. The van der Waals surface area contributed by atoms with Gasteiger partial charge in [-0.2, -0.15) is 0 Å². The van der Waals surface area contributed by atoms with E-state index < -0.39 is 0 Å². The van der Waals surface area contributed by atoms with Crippen molar-refractivity contribution in [3.05, 3.63) is 57.2 Å². The molecule has 0 radical (unpaired) electrons. The van der Waals surface area contributed by atoms with Gasteiger partial charge in [-0.05, 0) is 76.9 Å². The van der Waals surface area contributed by atoms with Gasteiger partial charge in [0.25, 0.3) is 0 Å². The van der Waals surface area contributed by atoms with Crippen LogP contribution in [-0.4, -0.2) is 13.6 Å². The predicted molar refractivity (Wildman–Crippen MR) is 94.5 cm³/mol. The summed E-state index contributed by atoms with van der Waals surface area (Å²) in [6.45, 7) is 2.06. The van der Waals surface area contributed by atoms with Crippen molar-refractivity contribution < 1.29 is 0 Å². The Morgan fingerprint density at radius 2 is 1.95 bits per heavy atom. The molecule has 2 nitrogen and oxygen atoms in total. The van der Waals surface area contributed by atoms with Gasteiger partial charge in [0.2, 0.25) is 0 Å². The number of halogens is 1. The zero-order chi connectivity index (χ0) is 13.9. The molecule has 0 spiro atoms. The van der Waals surface area contributed by atoms with E-state index in [4.69, 9.17) is 0 Å². The van der Waals surface area contributed by atoms with Gasteiger partial charge in [-0.3, -0.25) is 0 Å². The van der Waals surface area contributed by atoms with Gasteiger partial charge in [0.15, 0.2) is 0 Å². The highest BCUT2D eigenvalue weighted by Crippen LogP contribution is 2.27. The Hall–Kier alpha value is -1.23. The molecule has 0 bridgehead atoms. The van der Waals surface area contributed by atoms with Crippen molar-refractivity contribution in [1.29, 1.82) is 0 Å². The molecule has 0 unspecified atom stereocenters. The minimum atomic E-state index is 0.886. The molecule has 0 saturated carbocycles. The number of rotatable bonds is 3. The molecule has 1 aliphatic rings. The number of hydrogen-bond acceptors (Lipinski definition) is 2. The number of benzene rings is 2. The molecule has 20 heavy (non-hydrogen) atoms. The van der Waals surface area contributed by atoms with Crippen LogP contribution in [0.5, 0.6) is 0 Å². The molecular weight excluding hydrogens is 359 g/mol. The highest BCUT2D eigenvalue weighted by molar-refractivity contribution is 14.1. The Morgan fingerprint density at radius 3 is 2.75 bits per heavy atom. The van der Waals surface area contributed by atoms with Crippen molar-refractivity contribution in [1.82, 2.24) is 0 Å². The lowest BCUT2D eigenvalue weighted by molar-refractivity contribution is 0.743. The molecule has 3 heteroatoms. The molecule has 2 aromatic carbocycles. The predicted octanol–water partition coefficient (Wildman–Crippen LogP) is 4.29. The number of fused-ring (bicyclic) bond motifs is 1. The van der Waals surface area contributed by atoms with Crippen LogP contribution >= 0.6 is 22.6 Å². The molecule has 1 heterocycles. The molecule has 1 N–H and O–H groups in total. The topological polar surface area (TPSA) is 15.3 Å². The van der Waals surface area contributed by atoms with Gasteiger partial charge in [-0.1, -0.05) is 12.1 Å². The molecule has 0 aliphatic carbocycles. The number of hydrogen-bond donors (Lipinski definition) is 1. The molecule has 104 valence electrons. The molecule has 0 fully saturated rings. The van der Waals surface area contributed by atoms with E-state index in [-0.39, 0.29) is 0 Å². The van der Waals surface area contributed by atoms with Crippen molar-refractivity contribution in [3.63, 3.8) is 0 Å². The van der Waals surface area contributed by atoms with E-state index in [2.05, 4.69) is 82.3 Å². The van der Waals surface area contributed by atoms with Crippen molar-refractivity contribution >= 4 is 34.0 Å². The van der Waals surface area contributed by atoms with Crippen LogP contribution in [-0.2, 0) is 13.0 Å². The van der Waals surface area contributed by atoms with E-state index >= 15 is 0 Å². The van der Waals surface area contributed by atoms with Crippen LogP contribution in [0.15, 0.2) is 42.5 Å². The first-order chi connectivity index (χ1) is 9.72. The maximum atomic E-state index is 3.49. The molecule has 3 rings (SSSR count). The van der Waals surface area contributed by atoms with Crippen LogP contribution in [0.2, 0.25) is 0 Å². The highest BCUT2D eigenvalue weighted by atomic mass is 127. The molecule has 0 aromatic heterocycles. The smallest absolute Gasteiger partial charge is 0.0400 e. The average molecular weight is 378 g/mol. The molecule has 0 saturated heterocycles. The van der Waals surface area contributed by atoms with Crippen LogP contribution in [0.1, 0.15) is 17.5 Å². The molecule has 0 atom stereocenters. The van der Waals surface area contributed by atoms with Gasteiger partial charge < -0.3 is 10.2 Å². The Morgan fingerprint density at radius 1 is 1.15 bits per heavy atom. The van der Waals surface area contributed by atoms with Gasteiger partial charge in [0, 0.05) is 35.1 Å². The zero-order valence-corrected chi connectivity index (χ0v) is 13.9. The number of aryl methyl sites for hydroxylation is 1. The normalized spacial score (nSPS) is 14.0. The van der Waals surface area contributed by atoms with Crippen molar-refractivity contribution in [3.8, 4) is 0 Å². The number of anilines is 2. The Kier molecular flexibility index (Phi) is 4.15. The van der Waals surface area contributed by atoms with Crippen LogP contribution in [0.4, 0.5) is 11.4 Å². The summed E-state index contributed by atoms with van der Waals surface area (Å²) < 4.78 is 1.27. The molecule has 1 aliphatic heterocycles. The fourth-order valence-electron chi connectivity index (χ4n) is 2.72. The molecule has 2 aromatic rings. The second-order valence-corrected chi connectivity index (χ2v) is 6.59. The van der Waals surface area contributed by atoms with Crippen molar-refractivity contribution in [2.45, 2.75) is 19.4 Å². The van der Waals surface area contributed by atoms with E-state index in [0.29, 0.717) is 0 Å². The van der Waals surface area contributed by atoms with Gasteiger partial charge in [-0.25, -0.2) is 0 Å². The third-order valence-electron chi connectivity index (χ3n) is 3.84. The van der Waals surface area contributed by atoms with Crippen LogP contribution in [0.3, 0.4) is 0 Å². The minimum absolute atomic E-state index is 0.886. The molecular formula is C17H19IN2. The largest absolute Gasteiger partial charge is 0.381 e. The third-order valence-corrected chi connectivity index (χ3v) is 4.55. The quantitative estimate of drug-likeness (QED) is 0.802. The Labute approximate surface area is 134 Å². The lowest BCUT2D eigenvalue weighted by atomic mass is 9.99. The monoisotopic (exact) mass is 378 g/mol. The lowest BCUT2D eigenvalue weighted by Gasteiger charge is -2.27. The van der Waals surface area contributed by atoms with E-state index in [1.165, 1.54) is 45.5 Å². The minimum Gasteiger partial charge on any atom is -0.381 e. The summed E-state index contributed by atoms with van der Waals surface area (Å²) in [5.74, 6) is 0. The van der Waals surface area contributed by atoms with Crippen LogP contribution < -0.4 is 10.2 Å². The zero-order valence-electron chi connectivity index (χ0n) is 11.7. The van der Waals surface area contributed by atoms with Gasteiger partial charge in [-0.15, -0.1) is 0 Å². The first kappa shape index (κ1) is 13.7. The second kappa shape index (κ2) is 6.04. The van der Waals surface area contributed by atoms with Crippen molar-refractivity contribution in [2.24, 2.45) is 0 Å². The first-order valence-corrected chi connectivity index (χ1v) is 8.12. The standard InChI is InChI=1S/C17H19IN2/c1-20-10-2-3-14-11-13(4-9-17(14)20)12-19-16-7-5-15(18)6-8-16/h4-9,11,19H,2-3,10,12H2,1H3. The van der Waals surface area contributed by atoms with Gasteiger partial charge >= 0.3 is 0 Å². The summed E-state index contributed by atoms with van der Waals surface area (Å²) in [6.07, 6.45) is 2.47. The van der Waals surface area contributed by atoms with Crippen LogP contribution in [0, 0.1) is 3.57 Å². The average Bonchev–Trinajstić information content (AvgIpc) is 2.47. The summed E-state index contributed by atoms with van der Waals surface area (Å²) in [6, 6.07) is 15.4. The van der Waals surface area contributed by atoms with Gasteiger partial charge in [0.1, 0.15) is 0 Å². The van der Waals surface area contributed by atoms with Crippen LogP contribution in [0.25, 0.3) is 0 Å². The summed E-state index contributed by atoms with van der Waals surface area (Å²) in [5, 5.41) is 3.49. The SMILES string of the molecule is CN1CCCc2cc(CNc3ccc(I)cc3)ccc21. The maximum Gasteiger partial charge on any atom is 0.0400 e. The number of nitrogens with one attached hydrogen (secondary N) is 1. The van der Waals surface area contributed by atoms with E-state index in [9.17, 15) is 0 Å². The molecule has 0 amide bonds. The fourth-order valence-corrected chi connectivity index (χ4v) is 3.08. The Balaban J connectivity index is 1.70. The summed E-state index contributed by atoms with van der Waals surface area (Å²) >= 11 is 2.33. The van der Waals surface area contributed by atoms with Crippen molar-refractivity contribution in [2.75, 3.05) is 23.8 Å². The number of nitrogens with zero attached hydrogens (tertiary/aromatic N) is 1. The van der Waals surface area contributed by atoms with Gasteiger partial charge in [0.05, 0.1) is 0 Å². The second-order valence-electron chi connectivity index (χ2n) is 5.35. The first-order valence-electron chi connectivity index (χ1n) is 7.05.